The van der Waals surface area contributed by atoms with Crippen LogP contribution in [0.3, 0.4) is 0 Å². The van der Waals surface area contributed by atoms with E-state index in [0.717, 1.165) is 0 Å². The summed E-state index contributed by atoms with van der Waals surface area (Å²) < 4.78 is 75.9. The summed E-state index contributed by atoms with van der Waals surface area (Å²) >= 11 is 0. The fraction of sp³-hybridized carbons (Fsp3) is 0.182. The molecule has 0 saturated carbocycles. The lowest BCUT2D eigenvalue weighted by molar-refractivity contribution is -0.0451. The number of alkyl halides is 3. The highest BCUT2D eigenvalue weighted by molar-refractivity contribution is 7.93. The molecule has 3 aromatic rings. The molecule has 0 N–H and O–H groups in total. The van der Waals surface area contributed by atoms with E-state index in [1.54, 1.807) is 12.1 Å². The highest BCUT2D eigenvalue weighted by atomic mass is 32.2. The Morgan fingerprint density at radius 3 is 1.57 bits per heavy atom. The summed E-state index contributed by atoms with van der Waals surface area (Å²) in [6.07, 6.45) is 0. The van der Waals surface area contributed by atoms with Crippen molar-refractivity contribution in [3.05, 3.63) is 102 Å². The van der Waals surface area contributed by atoms with Gasteiger partial charge in [-0.25, -0.2) is 8.42 Å². The van der Waals surface area contributed by atoms with Gasteiger partial charge in [0.2, 0.25) is 0 Å². The zero-order valence-electron chi connectivity index (χ0n) is 16.0. The number of rotatable bonds is 7. The number of halogens is 3. The molecule has 4 nitrogen and oxygen atoms in total. The zero-order valence-corrected chi connectivity index (χ0v) is 16.8. The average Bonchev–Trinajstić information content (AvgIpc) is 2.74. The van der Waals surface area contributed by atoms with Crippen LogP contribution in [-0.2, 0) is 19.3 Å². The number of methoxy groups -OCH3 is 1. The first-order chi connectivity index (χ1) is 14.2. The molecule has 0 saturated heterocycles. The van der Waals surface area contributed by atoms with Gasteiger partial charge in [0.05, 0.1) is 0 Å². The number of benzene rings is 3. The third-order valence-electron chi connectivity index (χ3n) is 4.67. The van der Waals surface area contributed by atoms with E-state index in [-0.39, 0.29) is 23.5 Å². The van der Waals surface area contributed by atoms with Crippen LogP contribution in [0.25, 0.3) is 0 Å². The third-order valence-corrected chi connectivity index (χ3v) is 6.80. The Labute approximate surface area is 172 Å². The van der Waals surface area contributed by atoms with Crippen LogP contribution in [0.15, 0.2) is 84.9 Å². The first-order valence-corrected chi connectivity index (χ1v) is 10.4. The minimum Gasteiger partial charge on any atom is -0.468 e. The number of sulfone groups is 1. The number of hydrogen-bond acceptors (Lipinski definition) is 4. The van der Waals surface area contributed by atoms with Gasteiger partial charge in [-0.15, -0.1) is 0 Å². The van der Waals surface area contributed by atoms with Crippen LogP contribution in [0.1, 0.15) is 16.7 Å². The lowest BCUT2D eigenvalue weighted by Gasteiger charge is -2.35. The first kappa shape index (κ1) is 21.9. The Morgan fingerprint density at radius 1 is 0.733 bits per heavy atom. The van der Waals surface area contributed by atoms with Crippen LogP contribution < -0.4 is 4.74 Å². The first-order valence-electron chi connectivity index (χ1n) is 8.89. The molecule has 0 fully saturated rings. The predicted octanol–water partition coefficient (Wildman–Crippen LogP) is 4.90. The van der Waals surface area contributed by atoms with Crippen molar-refractivity contribution in [2.24, 2.45) is 0 Å². The molecule has 0 unspecified atom stereocenters. The second-order valence-corrected chi connectivity index (χ2v) is 8.52. The van der Waals surface area contributed by atoms with Crippen molar-refractivity contribution in [2.45, 2.75) is 10.3 Å². The van der Waals surface area contributed by atoms with Gasteiger partial charge in [0.15, 0.2) is 11.5 Å². The van der Waals surface area contributed by atoms with Gasteiger partial charge in [0.25, 0.3) is 9.84 Å². The molecule has 3 rings (SSSR count). The molecule has 0 aromatic heterocycles. The molecule has 0 bridgehead atoms. The fourth-order valence-electron chi connectivity index (χ4n) is 3.40. The molecule has 0 aliphatic heterocycles. The third kappa shape index (κ3) is 3.68. The maximum Gasteiger partial charge on any atom is 0.498 e. The lowest BCUT2D eigenvalue weighted by Crippen LogP contribution is -2.45. The molecule has 0 amide bonds. The highest BCUT2D eigenvalue weighted by Gasteiger charge is 2.62. The number of hydrogen-bond donors (Lipinski definition) is 0. The minimum absolute atomic E-state index is 0.0147. The molecular weight excluding hydrogens is 417 g/mol. The van der Waals surface area contributed by atoms with E-state index in [0.29, 0.717) is 5.75 Å². The summed E-state index contributed by atoms with van der Waals surface area (Å²) in [5.74, 6) is 0.333. The molecular formula is C22H19F3O4S. The molecule has 0 heterocycles. The van der Waals surface area contributed by atoms with Crippen molar-refractivity contribution in [3.63, 3.8) is 0 Å². The van der Waals surface area contributed by atoms with Crippen LogP contribution in [0.2, 0.25) is 0 Å². The standard InChI is InChI=1S/C22H19F3O4S/c1-28-16-29-20-14-12-19(13-15-20)21(17-8-4-2-5-9-17,18-10-6-3-7-11-18)30(26,27)22(23,24)25/h2-15H,16H2,1H3. The van der Waals surface area contributed by atoms with Crippen molar-refractivity contribution in [2.75, 3.05) is 13.9 Å². The Hall–Kier alpha value is -2.84. The van der Waals surface area contributed by atoms with Crippen LogP contribution in [0, 0.1) is 0 Å². The molecule has 0 aliphatic carbocycles. The quantitative estimate of drug-likeness (QED) is 0.391. The van der Waals surface area contributed by atoms with E-state index in [1.807, 2.05) is 0 Å². The molecule has 0 radical (unpaired) electrons. The predicted molar refractivity (Wildman–Crippen MR) is 107 cm³/mol. The second kappa shape index (κ2) is 8.49. The molecule has 8 heteroatoms. The zero-order chi connectivity index (χ0) is 21.8. The van der Waals surface area contributed by atoms with E-state index < -0.39 is 20.1 Å². The molecule has 3 aromatic carbocycles. The molecule has 158 valence electrons. The summed E-state index contributed by atoms with van der Waals surface area (Å²) in [7, 11) is -4.32. The van der Waals surface area contributed by atoms with E-state index >= 15 is 0 Å². The summed E-state index contributed by atoms with van der Waals surface area (Å²) in [5.41, 5.74) is -5.58. The monoisotopic (exact) mass is 436 g/mol. The summed E-state index contributed by atoms with van der Waals surface area (Å²) in [6, 6.07) is 20.3. The molecule has 0 spiro atoms. The second-order valence-electron chi connectivity index (χ2n) is 6.44. The summed E-state index contributed by atoms with van der Waals surface area (Å²) in [6.45, 7) is -0.0529. The van der Waals surface area contributed by atoms with Gasteiger partial charge in [0.1, 0.15) is 5.75 Å². The maximum atomic E-state index is 14.0. The van der Waals surface area contributed by atoms with Crippen molar-refractivity contribution in [1.82, 2.24) is 0 Å². The van der Waals surface area contributed by atoms with Crippen LogP contribution in [0.5, 0.6) is 5.75 Å². The van der Waals surface area contributed by atoms with Gasteiger partial charge < -0.3 is 9.47 Å². The van der Waals surface area contributed by atoms with Gasteiger partial charge in [-0.1, -0.05) is 72.8 Å². The maximum absolute atomic E-state index is 14.0. The van der Waals surface area contributed by atoms with Crippen molar-refractivity contribution in [3.8, 4) is 5.75 Å². The topological polar surface area (TPSA) is 52.6 Å². The Balaban J connectivity index is 2.38. The van der Waals surface area contributed by atoms with Crippen LogP contribution >= 0.6 is 0 Å². The summed E-state index contributed by atoms with van der Waals surface area (Å²) in [4.78, 5) is 0. The molecule has 30 heavy (non-hydrogen) atoms. The van der Waals surface area contributed by atoms with Crippen LogP contribution in [0.4, 0.5) is 13.2 Å². The van der Waals surface area contributed by atoms with Gasteiger partial charge >= 0.3 is 5.51 Å². The van der Waals surface area contributed by atoms with Crippen molar-refractivity contribution < 1.29 is 31.1 Å². The molecule has 0 atom stereocenters. The lowest BCUT2D eigenvalue weighted by atomic mass is 9.84. The Morgan fingerprint density at radius 2 is 1.17 bits per heavy atom. The van der Waals surface area contributed by atoms with Gasteiger partial charge in [-0.05, 0) is 28.8 Å². The van der Waals surface area contributed by atoms with E-state index in [2.05, 4.69) is 0 Å². The smallest absolute Gasteiger partial charge is 0.468 e. The Kier molecular flexibility index (Phi) is 6.19. The van der Waals surface area contributed by atoms with Crippen molar-refractivity contribution in [1.29, 1.82) is 0 Å². The number of ether oxygens (including phenoxy) is 2. The minimum atomic E-state index is -5.75. The highest BCUT2D eigenvalue weighted by Crippen LogP contribution is 2.50. The van der Waals surface area contributed by atoms with E-state index in [4.69, 9.17) is 9.47 Å². The van der Waals surface area contributed by atoms with E-state index in [9.17, 15) is 21.6 Å². The van der Waals surface area contributed by atoms with E-state index in [1.165, 1.54) is 79.9 Å². The van der Waals surface area contributed by atoms with Crippen LogP contribution in [-0.4, -0.2) is 27.8 Å². The molecule has 0 aliphatic rings. The Bertz CT molecular complexity index is 1030. The van der Waals surface area contributed by atoms with Gasteiger partial charge in [0, 0.05) is 7.11 Å². The van der Waals surface area contributed by atoms with Gasteiger partial charge in [-0.3, -0.25) is 0 Å². The SMILES string of the molecule is COCOc1ccc(C(c2ccccc2)(c2ccccc2)S(=O)(=O)C(F)(F)F)cc1. The fourth-order valence-corrected chi connectivity index (χ4v) is 5.08. The largest absolute Gasteiger partial charge is 0.498 e. The normalized spacial score (nSPS) is 12.5. The van der Waals surface area contributed by atoms with Gasteiger partial charge in [-0.2, -0.15) is 13.2 Å². The average molecular weight is 436 g/mol. The summed E-state index contributed by atoms with van der Waals surface area (Å²) in [5, 5.41) is 0. The van der Waals surface area contributed by atoms with Crippen molar-refractivity contribution >= 4 is 9.84 Å².